The molecule has 0 aliphatic carbocycles. The molecule has 1 atom stereocenters. The van der Waals surface area contributed by atoms with Gasteiger partial charge in [-0.05, 0) is 49.4 Å². The van der Waals surface area contributed by atoms with Crippen LogP contribution in [0.2, 0.25) is 0 Å². The number of hydrogen-bond acceptors (Lipinski definition) is 5. The molecule has 0 unspecified atom stereocenters. The molecule has 2 amide bonds. The lowest BCUT2D eigenvalue weighted by Crippen LogP contribution is -2.56. The van der Waals surface area contributed by atoms with Gasteiger partial charge in [0.25, 0.3) is 5.91 Å². The quantitative estimate of drug-likeness (QED) is 0.736. The maximum atomic E-state index is 13.4. The molecule has 0 spiro atoms. The SMILES string of the molecule is CCS(=O)(=O)N1Cc2ccccc2C[C@@H]1C(=O)N1CCC(NC(=O)c2ccncc2)CC1. The zero-order valence-electron chi connectivity index (χ0n) is 18.1. The zero-order chi connectivity index (χ0) is 22.7. The van der Waals surface area contributed by atoms with Crippen molar-refractivity contribution in [2.45, 2.75) is 44.8 Å². The predicted octanol–water partition coefficient (Wildman–Crippen LogP) is 1.58. The molecule has 0 bridgehead atoms. The number of pyridine rings is 1. The highest BCUT2D eigenvalue weighted by Gasteiger charge is 2.40. The molecule has 1 N–H and O–H groups in total. The smallest absolute Gasteiger partial charge is 0.251 e. The zero-order valence-corrected chi connectivity index (χ0v) is 18.9. The van der Waals surface area contributed by atoms with Gasteiger partial charge in [0.1, 0.15) is 6.04 Å². The lowest BCUT2D eigenvalue weighted by molar-refractivity contribution is -0.136. The number of sulfonamides is 1. The number of nitrogens with one attached hydrogen (secondary N) is 1. The van der Waals surface area contributed by atoms with Crippen molar-refractivity contribution in [3.05, 3.63) is 65.5 Å². The van der Waals surface area contributed by atoms with Gasteiger partial charge in [0.15, 0.2) is 0 Å². The van der Waals surface area contributed by atoms with Crippen molar-refractivity contribution < 1.29 is 18.0 Å². The highest BCUT2D eigenvalue weighted by molar-refractivity contribution is 7.89. The topological polar surface area (TPSA) is 99.7 Å². The van der Waals surface area contributed by atoms with Crippen molar-refractivity contribution >= 4 is 21.8 Å². The van der Waals surface area contributed by atoms with Crippen LogP contribution in [0.5, 0.6) is 0 Å². The van der Waals surface area contributed by atoms with E-state index in [9.17, 15) is 18.0 Å². The second-order valence-electron chi connectivity index (χ2n) is 8.24. The summed E-state index contributed by atoms with van der Waals surface area (Å²) in [7, 11) is -3.53. The van der Waals surface area contributed by atoms with Crippen LogP contribution >= 0.6 is 0 Å². The molecule has 3 heterocycles. The summed E-state index contributed by atoms with van der Waals surface area (Å²) >= 11 is 0. The van der Waals surface area contributed by atoms with Crippen molar-refractivity contribution in [3.63, 3.8) is 0 Å². The van der Waals surface area contributed by atoms with E-state index in [0.29, 0.717) is 37.9 Å². The van der Waals surface area contributed by atoms with E-state index in [2.05, 4.69) is 10.3 Å². The van der Waals surface area contributed by atoms with Crippen molar-refractivity contribution in [2.24, 2.45) is 0 Å². The predicted molar refractivity (Wildman–Crippen MR) is 120 cm³/mol. The van der Waals surface area contributed by atoms with Crippen molar-refractivity contribution in [3.8, 4) is 0 Å². The first-order valence-corrected chi connectivity index (χ1v) is 12.6. The van der Waals surface area contributed by atoms with E-state index in [4.69, 9.17) is 0 Å². The fourth-order valence-electron chi connectivity index (χ4n) is 4.39. The molecule has 170 valence electrons. The summed E-state index contributed by atoms with van der Waals surface area (Å²) in [5, 5.41) is 3.02. The van der Waals surface area contributed by atoms with Gasteiger partial charge in [0.05, 0.1) is 5.75 Å². The Kier molecular flexibility index (Phi) is 6.57. The van der Waals surface area contributed by atoms with E-state index in [-0.39, 0.29) is 30.2 Å². The Morgan fingerprint density at radius 1 is 1.06 bits per heavy atom. The highest BCUT2D eigenvalue weighted by atomic mass is 32.2. The van der Waals surface area contributed by atoms with Gasteiger partial charge < -0.3 is 10.2 Å². The molecule has 2 aliphatic heterocycles. The van der Waals surface area contributed by atoms with Gasteiger partial charge in [0, 0.05) is 43.6 Å². The first-order chi connectivity index (χ1) is 15.4. The third-order valence-corrected chi connectivity index (χ3v) is 8.12. The van der Waals surface area contributed by atoms with Gasteiger partial charge in [-0.1, -0.05) is 24.3 Å². The minimum atomic E-state index is -3.53. The number of hydrogen-bond donors (Lipinski definition) is 1. The Morgan fingerprint density at radius 3 is 2.38 bits per heavy atom. The number of piperidine rings is 1. The molecule has 1 aromatic heterocycles. The van der Waals surface area contributed by atoms with Gasteiger partial charge in [-0.15, -0.1) is 0 Å². The fraction of sp³-hybridized carbons (Fsp3) is 0.435. The van der Waals surface area contributed by atoms with Crippen LogP contribution < -0.4 is 5.32 Å². The van der Waals surface area contributed by atoms with Gasteiger partial charge in [-0.3, -0.25) is 14.6 Å². The average molecular weight is 457 g/mol. The molecule has 4 rings (SSSR count). The van der Waals surface area contributed by atoms with Gasteiger partial charge in [-0.2, -0.15) is 4.31 Å². The maximum Gasteiger partial charge on any atom is 0.251 e. The van der Waals surface area contributed by atoms with Gasteiger partial charge in [-0.25, -0.2) is 8.42 Å². The molecule has 2 aliphatic rings. The Balaban J connectivity index is 1.43. The maximum absolute atomic E-state index is 13.4. The highest BCUT2D eigenvalue weighted by Crippen LogP contribution is 2.28. The average Bonchev–Trinajstić information content (AvgIpc) is 2.83. The summed E-state index contributed by atoms with van der Waals surface area (Å²) in [6, 6.07) is 10.3. The van der Waals surface area contributed by atoms with E-state index in [0.717, 1.165) is 11.1 Å². The molecule has 32 heavy (non-hydrogen) atoms. The number of likely N-dealkylation sites (tertiary alicyclic amines) is 1. The number of carbonyl (C=O) groups excluding carboxylic acids is 2. The number of benzene rings is 1. The van der Waals surface area contributed by atoms with Crippen LogP contribution in [0.25, 0.3) is 0 Å². The third kappa shape index (κ3) is 4.68. The summed E-state index contributed by atoms with van der Waals surface area (Å²) in [6.45, 7) is 2.80. The summed E-state index contributed by atoms with van der Waals surface area (Å²) in [4.78, 5) is 31.5. The fourth-order valence-corrected chi connectivity index (χ4v) is 5.61. The van der Waals surface area contributed by atoms with E-state index in [1.807, 2.05) is 24.3 Å². The van der Waals surface area contributed by atoms with E-state index < -0.39 is 16.1 Å². The first-order valence-electron chi connectivity index (χ1n) is 10.9. The summed E-state index contributed by atoms with van der Waals surface area (Å²) in [5.41, 5.74) is 2.53. The number of nitrogens with zero attached hydrogens (tertiary/aromatic N) is 3. The second kappa shape index (κ2) is 9.38. The Hall–Kier alpha value is -2.78. The molecule has 8 nitrogen and oxygen atoms in total. The van der Waals surface area contributed by atoms with Crippen LogP contribution in [0.3, 0.4) is 0 Å². The molecule has 1 fully saturated rings. The number of aromatic nitrogens is 1. The standard InChI is InChI=1S/C23H28N4O4S/c1-2-32(30,31)27-16-19-6-4-3-5-18(19)15-21(27)23(29)26-13-9-20(10-14-26)25-22(28)17-7-11-24-12-8-17/h3-8,11-12,20-21H,2,9-10,13-16H2,1H3,(H,25,28)/t21-/m1/s1. The Bertz CT molecular complexity index is 1080. The molecule has 9 heteroatoms. The van der Waals surface area contributed by atoms with Crippen LogP contribution in [-0.4, -0.2) is 65.3 Å². The van der Waals surface area contributed by atoms with E-state index in [1.165, 1.54) is 4.31 Å². The van der Waals surface area contributed by atoms with Crippen LogP contribution in [0.4, 0.5) is 0 Å². The summed E-state index contributed by atoms with van der Waals surface area (Å²) < 4.78 is 26.9. The monoisotopic (exact) mass is 456 g/mol. The minimum Gasteiger partial charge on any atom is -0.349 e. The van der Waals surface area contributed by atoms with E-state index >= 15 is 0 Å². The largest absolute Gasteiger partial charge is 0.349 e. The summed E-state index contributed by atoms with van der Waals surface area (Å²) in [5.74, 6) is -0.348. The van der Waals surface area contributed by atoms with Crippen molar-refractivity contribution in [2.75, 3.05) is 18.8 Å². The Labute approximate surface area is 188 Å². The van der Waals surface area contributed by atoms with E-state index in [1.54, 1.807) is 36.4 Å². The molecule has 1 aromatic carbocycles. The van der Waals surface area contributed by atoms with Gasteiger partial charge >= 0.3 is 0 Å². The van der Waals surface area contributed by atoms with Crippen LogP contribution in [0, 0.1) is 0 Å². The number of amides is 2. The molecule has 0 saturated carbocycles. The summed E-state index contributed by atoms with van der Waals surface area (Å²) in [6.07, 6.45) is 4.80. The van der Waals surface area contributed by atoms with Crippen LogP contribution in [0.15, 0.2) is 48.8 Å². The number of rotatable bonds is 5. The first kappa shape index (κ1) is 22.4. The number of fused-ring (bicyclic) bond motifs is 1. The van der Waals surface area contributed by atoms with Crippen LogP contribution in [0.1, 0.15) is 41.3 Å². The molecule has 2 aromatic rings. The lowest BCUT2D eigenvalue weighted by atomic mass is 9.94. The Morgan fingerprint density at radius 2 is 1.72 bits per heavy atom. The number of carbonyl (C=O) groups is 2. The van der Waals surface area contributed by atoms with Crippen molar-refractivity contribution in [1.29, 1.82) is 0 Å². The van der Waals surface area contributed by atoms with Crippen molar-refractivity contribution in [1.82, 2.24) is 19.5 Å². The lowest BCUT2D eigenvalue weighted by Gasteiger charge is -2.40. The second-order valence-corrected chi connectivity index (χ2v) is 10.5. The molecule has 0 radical (unpaired) electrons. The minimum absolute atomic E-state index is 0.0257. The van der Waals surface area contributed by atoms with Crippen LogP contribution in [-0.2, 0) is 27.8 Å². The normalized spacial score (nSPS) is 19.9. The third-order valence-electron chi connectivity index (χ3n) is 6.30. The van der Waals surface area contributed by atoms with Gasteiger partial charge in [0.2, 0.25) is 15.9 Å². The molecule has 1 saturated heterocycles. The molecular weight excluding hydrogens is 428 g/mol. The molecular formula is C23H28N4O4S.